The average molecular weight is 786 g/mol. The second kappa shape index (κ2) is 19.3. The summed E-state index contributed by atoms with van der Waals surface area (Å²) in [5.74, 6) is -4.28. The molecule has 0 spiro atoms. The third-order valence-electron chi connectivity index (χ3n) is 9.56. The van der Waals surface area contributed by atoms with Gasteiger partial charge in [-0.2, -0.15) is 0 Å². The fourth-order valence-electron chi connectivity index (χ4n) is 6.50. The molecule has 5 amide bonds. The van der Waals surface area contributed by atoms with Crippen molar-refractivity contribution in [2.75, 3.05) is 5.32 Å². The monoisotopic (exact) mass is 785 g/mol. The maximum absolute atomic E-state index is 14.4. The van der Waals surface area contributed by atoms with Gasteiger partial charge in [0, 0.05) is 49.1 Å². The first-order chi connectivity index (χ1) is 27.6. The Morgan fingerprint density at radius 3 is 1.70 bits per heavy atom. The number of carbonyl (C=O) groups excluding carboxylic acids is 5. The van der Waals surface area contributed by atoms with Gasteiger partial charge in [0.2, 0.25) is 29.5 Å². The number of carbonyl (C=O) groups is 6. The highest BCUT2D eigenvalue weighted by atomic mass is 32.1. The molecule has 0 aliphatic carbocycles. The third kappa shape index (κ3) is 11.7. The minimum absolute atomic E-state index is 0.0275. The highest BCUT2D eigenvalue weighted by Crippen LogP contribution is 2.21. The molecule has 5 aromatic rings. The summed E-state index contributed by atoms with van der Waals surface area (Å²) < 4.78 is 0. The van der Waals surface area contributed by atoms with Gasteiger partial charge < -0.3 is 31.7 Å². The minimum Gasteiger partial charge on any atom is -0.480 e. The Balaban J connectivity index is 1.34. The van der Waals surface area contributed by atoms with Crippen molar-refractivity contribution in [3.63, 3.8) is 0 Å². The van der Waals surface area contributed by atoms with E-state index in [9.17, 15) is 33.9 Å². The van der Waals surface area contributed by atoms with Gasteiger partial charge in [0.05, 0.1) is 0 Å². The number of fused-ring (bicyclic) bond motifs is 18. The smallest absolute Gasteiger partial charge is 0.326 e. The van der Waals surface area contributed by atoms with Gasteiger partial charge in [-0.1, -0.05) is 103 Å². The predicted molar refractivity (Wildman–Crippen MR) is 217 cm³/mol. The summed E-state index contributed by atoms with van der Waals surface area (Å²) in [6, 6.07) is 31.5. The van der Waals surface area contributed by atoms with Crippen LogP contribution in [-0.2, 0) is 54.5 Å². The fraction of sp³-hybridized carbons (Fsp3) is 0.227. The van der Waals surface area contributed by atoms with Crippen LogP contribution in [0.15, 0.2) is 127 Å². The van der Waals surface area contributed by atoms with E-state index in [1.54, 1.807) is 48.5 Å². The summed E-state index contributed by atoms with van der Waals surface area (Å²) >= 11 is 1.41. The Kier molecular flexibility index (Phi) is 13.6. The van der Waals surface area contributed by atoms with Crippen molar-refractivity contribution in [3.05, 3.63) is 148 Å². The highest BCUT2D eigenvalue weighted by molar-refractivity contribution is 7.09. The average Bonchev–Trinajstić information content (AvgIpc) is 3.73. The first-order valence-corrected chi connectivity index (χ1v) is 19.5. The number of anilines is 1. The van der Waals surface area contributed by atoms with Crippen LogP contribution in [-0.4, -0.2) is 64.8 Å². The molecule has 0 saturated carbocycles. The van der Waals surface area contributed by atoms with Crippen LogP contribution in [0.4, 0.5) is 5.69 Å². The molecular weight excluding hydrogens is 743 g/mol. The highest BCUT2D eigenvalue weighted by Gasteiger charge is 2.32. The van der Waals surface area contributed by atoms with Crippen LogP contribution in [0.25, 0.3) is 11.1 Å². The molecule has 57 heavy (non-hydrogen) atoms. The molecule has 2 aliphatic rings. The van der Waals surface area contributed by atoms with Gasteiger partial charge in [-0.05, 0) is 51.4 Å². The summed E-state index contributed by atoms with van der Waals surface area (Å²) in [5.41, 5.74) is 4.40. The standard InChI is InChI=1S/C44H43N5O7S/c50-39-21-22-40(51)46-37(27-34-12-7-23-57-34)43(54)48-36(25-29-13-17-32(18-14-29)31-10-5-2-6-11-31)41(52)47-35(24-28-8-3-1-4-9-28)42(53)49-38(44(55)56)26-30-15-19-33(45-39)20-16-30/h1-20,23,35-38H,21-22,24-27H2,(H,45,50)(H,46,51)(H,47,52)(H,48,54)(H,49,53)(H,55,56)/t35-,36+,37+,38-/m0/s1. The topological polar surface area (TPSA) is 183 Å². The Morgan fingerprint density at radius 2 is 1.11 bits per heavy atom. The number of amides is 5. The molecule has 0 unspecified atom stereocenters. The number of rotatable bonds is 8. The van der Waals surface area contributed by atoms with Gasteiger partial charge in [-0.25, -0.2) is 4.79 Å². The van der Waals surface area contributed by atoms with E-state index >= 15 is 0 Å². The lowest BCUT2D eigenvalue weighted by molar-refractivity contribution is -0.142. The molecule has 1 aromatic heterocycles. The first-order valence-electron chi connectivity index (χ1n) is 18.6. The molecule has 2 bridgehead atoms. The summed E-state index contributed by atoms with van der Waals surface area (Å²) in [6.07, 6.45) is -0.261. The van der Waals surface area contributed by atoms with E-state index < -0.39 is 59.7 Å². The summed E-state index contributed by atoms with van der Waals surface area (Å²) in [6.45, 7) is 0. The molecule has 0 saturated heterocycles. The second-order valence-corrected chi connectivity index (χ2v) is 14.9. The van der Waals surface area contributed by atoms with E-state index in [0.29, 0.717) is 22.4 Å². The zero-order valence-electron chi connectivity index (χ0n) is 31.0. The molecule has 6 N–H and O–H groups in total. The van der Waals surface area contributed by atoms with E-state index in [4.69, 9.17) is 0 Å². The predicted octanol–water partition coefficient (Wildman–Crippen LogP) is 4.44. The Bertz CT molecular complexity index is 2160. The fourth-order valence-corrected chi connectivity index (χ4v) is 7.25. The van der Waals surface area contributed by atoms with Crippen molar-refractivity contribution in [1.82, 2.24) is 21.3 Å². The number of carboxylic acid groups (broad SMARTS) is 1. The van der Waals surface area contributed by atoms with Crippen LogP contribution in [0.2, 0.25) is 0 Å². The number of aliphatic carboxylic acids is 1. The summed E-state index contributed by atoms with van der Waals surface area (Å²) in [4.78, 5) is 81.8. The van der Waals surface area contributed by atoms with Gasteiger partial charge in [0.1, 0.15) is 24.2 Å². The largest absolute Gasteiger partial charge is 0.480 e. The molecule has 12 nitrogen and oxygen atoms in total. The van der Waals surface area contributed by atoms with Gasteiger partial charge in [-0.15, -0.1) is 11.3 Å². The molecule has 0 radical (unpaired) electrons. The van der Waals surface area contributed by atoms with Gasteiger partial charge in [0.25, 0.3) is 0 Å². The lowest BCUT2D eigenvalue weighted by Crippen LogP contribution is -2.59. The Morgan fingerprint density at radius 1 is 0.561 bits per heavy atom. The van der Waals surface area contributed by atoms with Crippen molar-refractivity contribution in [2.45, 2.75) is 62.7 Å². The Labute approximate surface area is 334 Å². The van der Waals surface area contributed by atoms with Crippen LogP contribution in [0.5, 0.6) is 0 Å². The number of carboxylic acids is 1. The van der Waals surface area contributed by atoms with E-state index in [-0.39, 0.29) is 38.5 Å². The summed E-state index contributed by atoms with van der Waals surface area (Å²) in [5, 5.41) is 25.7. The number of benzene rings is 4. The SMILES string of the molecule is O=C1CCC(=O)N[C@H](Cc2cccs2)C(=O)N[C@H](Cc2ccc(-c3ccccc3)cc2)C(=O)N[C@@H](Cc2ccccc2)C(=O)N[C@H](C(=O)O)Cc2ccc(cc2)N1. The first kappa shape index (κ1) is 40.1. The molecule has 3 heterocycles. The lowest BCUT2D eigenvalue weighted by atomic mass is 9.99. The zero-order valence-corrected chi connectivity index (χ0v) is 31.8. The van der Waals surface area contributed by atoms with Gasteiger partial charge in [-0.3, -0.25) is 24.0 Å². The number of thiophene rings is 1. The molecule has 13 heteroatoms. The van der Waals surface area contributed by atoms with Gasteiger partial charge in [0.15, 0.2) is 0 Å². The van der Waals surface area contributed by atoms with Crippen molar-refractivity contribution < 1.29 is 33.9 Å². The molecular formula is C44H43N5O7S. The maximum atomic E-state index is 14.4. The van der Waals surface area contributed by atoms with E-state index in [0.717, 1.165) is 16.0 Å². The van der Waals surface area contributed by atoms with Crippen molar-refractivity contribution in [1.29, 1.82) is 0 Å². The molecule has 4 aromatic carbocycles. The number of hydrogen-bond acceptors (Lipinski definition) is 7. The van der Waals surface area contributed by atoms with Crippen LogP contribution in [0.3, 0.4) is 0 Å². The molecule has 292 valence electrons. The lowest BCUT2D eigenvalue weighted by Gasteiger charge is -2.26. The summed E-state index contributed by atoms with van der Waals surface area (Å²) in [7, 11) is 0. The zero-order chi connectivity index (χ0) is 40.1. The maximum Gasteiger partial charge on any atom is 0.326 e. The number of nitrogens with one attached hydrogen (secondary N) is 5. The normalized spacial score (nSPS) is 19.9. The second-order valence-electron chi connectivity index (χ2n) is 13.8. The van der Waals surface area contributed by atoms with Gasteiger partial charge >= 0.3 is 5.97 Å². The third-order valence-corrected chi connectivity index (χ3v) is 10.5. The van der Waals surface area contributed by atoms with Crippen molar-refractivity contribution >= 4 is 52.5 Å². The molecule has 7 rings (SSSR count). The van der Waals surface area contributed by atoms with Crippen LogP contribution >= 0.6 is 11.3 Å². The molecule has 2 aliphatic heterocycles. The van der Waals surface area contributed by atoms with Crippen LogP contribution in [0.1, 0.15) is 34.4 Å². The van der Waals surface area contributed by atoms with Crippen LogP contribution in [0, 0.1) is 0 Å². The van der Waals surface area contributed by atoms with E-state index in [1.165, 1.54) is 11.3 Å². The van der Waals surface area contributed by atoms with E-state index in [1.807, 2.05) is 78.2 Å². The van der Waals surface area contributed by atoms with Crippen LogP contribution < -0.4 is 26.6 Å². The number of hydrogen-bond donors (Lipinski definition) is 6. The molecule has 4 atom stereocenters. The Hall–Kier alpha value is -6.60. The van der Waals surface area contributed by atoms with E-state index in [2.05, 4.69) is 26.6 Å². The minimum atomic E-state index is -1.35. The quantitative estimate of drug-likeness (QED) is 0.126. The van der Waals surface area contributed by atoms with Crippen molar-refractivity contribution in [3.8, 4) is 11.1 Å². The van der Waals surface area contributed by atoms with Crippen molar-refractivity contribution in [2.24, 2.45) is 0 Å². The molecule has 0 fully saturated rings.